The largest absolute Gasteiger partial charge is 0.454 e. The molecule has 3 atom stereocenters. The molecule has 7 nitrogen and oxygen atoms in total. The number of likely N-dealkylation sites (tertiary alicyclic amines) is 1. The predicted molar refractivity (Wildman–Crippen MR) is 97.8 cm³/mol. The molecule has 0 bridgehead atoms. The van der Waals surface area contributed by atoms with E-state index in [2.05, 4.69) is 5.32 Å². The Morgan fingerprint density at radius 3 is 2.43 bits per heavy atom. The molecule has 1 N–H and O–H groups in total. The van der Waals surface area contributed by atoms with Gasteiger partial charge in [-0.3, -0.25) is 19.3 Å². The van der Waals surface area contributed by atoms with E-state index in [9.17, 15) is 23.6 Å². The minimum Gasteiger partial charge on any atom is -0.454 e. The highest BCUT2D eigenvalue weighted by molar-refractivity contribution is 6.33. The number of fused-ring (bicyclic) bond motifs is 1. The molecule has 3 amide bonds. The molecule has 150 valence electrons. The van der Waals surface area contributed by atoms with Crippen LogP contribution in [0.3, 0.4) is 0 Å². The number of carbonyl (C=O) groups excluding carboxylic acids is 4. The first kappa shape index (κ1) is 20.3. The maximum atomic E-state index is 13.0. The van der Waals surface area contributed by atoms with Crippen LogP contribution in [0.5, 0.6) is 0 Å². The lowest BCUT2D eigenvalue weighted by atomic mass is 9.81. The van der Waals surface area contributed by atoms with Crippen molar-refractivity contribution in [1.82, 2.24) is 4.90 Å². The summed E-state index contributed by atoms with van der Waals surface area (Å²) in [6, 6.07) is 2.34. The fourth-order valence-corrected chi connectivity index (χ4v) is 3.92. The Bertz CT molecular complexity index is 807. The molecule has 9 heteroatoms. The molecule has 1 aromatic rings. The van der Waals surface area contributed by atoms with Gasteiger partial charge in [0.05, 0.1) is 22.5 Å². The lowest BCUT2D eigenvalue weighted by molar-refractivity contribution is -0.159. The van der Waals surface area contributed by atoms with Gasteiger partial charge in [0.1, 0.15) is 11.9 Å². The van der Waals surface area contributed by atoms with E-state index < -0.39 is 30.3 Å². The number of hydrogen-bond acceptors (Lipinski definition) is 5. The van der Waals surface area contributed by atoms with E-state index in [1.165, 1.54) is 13.0 Å². The molecule has 0 unspecified atom stereocenters. The fraction of sp³-hybridized carbons (Fsp3) is 0.474. The third-order valence-electron chi connectivity index (χ3n) is 5.15. The predicted octanol–water partition coefficient (Wildman–Crippen LogP) is 2.52. The van der Waals surface area contributed by atoms with Gasteiger partial charge >= 0.3 is 5.97 Å². The molecule has 0 spiro atoms. The average molecular weight is 411 g/mol. The molecule has 1 aromatic carbocycles. The van der Waals surface area contributed by atoms with E-state index >= 15 is 0 Å². The van der Waals surface area contributed by atoms with Crippen molar-refractivity contribution in [3.05, 3.63) is 29.0 Å². The number of nitrogens with zero attached hydrogens (tertiary/aromatic N) is 1. The highest BCUT2D eigenvalue weighted by atomic mass is 35.5. The number of rotatable bonds is 5. The highest BCUT2D eigenvalue weighted by Gasteiger charge is 2.51. The van der Waals surface area contributed by atoms with Gasteiger partial charge in [-0.15, -0.1) is 0 Å². The maximum Gasteiger partial charge on any atom is 0.329 e. The fourth-order valence-electron chi connectivity index (χ4n) is 3.71. The molecule has 0 aromatic heterocycles. The molecular weight excluding hydrogens is 391 g/mol. The Morgan fingerprint density at radius 1 is 1.25 bits per heavy atom. The van der Waals surface area contributed by atoms with Crippen molar-refractivity contribution >= 4 is 41.0 Å². The first-order valence-electron chi connectivity index (χ1n) is 9.08. The zero-order valence-electron chi connectivity index (χ0n) is 15.2. The van der Waals surface area contributed by atoms with Gasteiger partial charge < -0.3 is 10.1 Å². The van der Waals surface area contributed by atoms with Crippen LogP contribution in [0.1, 0.15) is 32.6 Å². The third-order valence-corrected chi connectivity index (χ3v) is 5.47. The summed E-state index contributed by atoms with van der Waals surface area (Å²) in [5.74, 6) is -3.49. The second-order valence-corrected chi connectivity index (χ2v) is 7.41. The first-order chi connectivity index (χ1) is 13.3. The van der Waals surface area contributed by atoms with Crippen LogP contribution in [-0.4, -0.2) is 41.2 Å². The lowest BCUT2D eigenvalue weighted by Gasteiger charge is -2.21. The topological polar surface area (TPSA) is 92.8 Å². The van der Waals surface area contributed by atoms with Gasteiger partial charge in [0.15, 0.2) is 6.61 Å². The number of amides is 3. The first-order valence-corrected chi connectivity index (χ1v) is 9.46. The van der Waals surface area contributed by atoms with Gasteiger partial charge in [0, 0.05) is 0 Å². The highest BCUT2D eigenvalue weighted by Crippen LogP contribution is 2.38. The summed E-state index contributed by atoms with van der Waals surface area (Å²) in [6.45, 7) is 0.782. The van der Waals surface area contributed by atoms with Crippen LogP contribution in [-0.2, 0) is 23.9 Å². The summed E-state index contributed by atoms with van der Waals surface area (Å²) >= 11 is 5.82. The van der Waals surface area contributed by atoms with Gasteiger partial charge in [0.2, 0.25) is 11.8 Å². The van der Waals surface area contributed by atoms with Gasteiger partial charge in [0.25, 0.3) is 5.91 Å². The summed E-state index contributed by atoms with van der Waals surface area (Å²) in [5, 5.41) is 2.40. The summed E-state index contributed by atoms with van der Waals surface area (Å²) in [6.07, 6.45) is 3.07. The quantitative estimate of drug-likeness (QED) is 0.594. The van der Waals surface area contributed by atoms with Crippen LogP contribution in [0.15, 0.2) is 18.2 Å². The number of imide groups is 1. The van der Waals surface area contributed by atoms with Crippen LogP contribution in [0.4, 0.5) is 10.1 Å². The number of hydrogen-bond donors (Lipinski definition) is 1. The van der Waals surface area contributed by atoms with E-state index in [1.54, 1.807) is 0 Å². The summed E-state index contributed by atoms with van der Waals surface area (Å²) < 4.78 is 18.0. The van der Waals surface area contributed by atoms with E-state index in [0.717, 1.165) is 29.9 Å². The van der Waals surface area contributed by atoms with Crippen molar-refractivity contribution in [3.63, 3.8) is 0 Å². The maximum absolute atomic E-state index is 13.0. The van der Waals surface area contributed by atoms with Crippen LogP contribution >= 0.6 is 11.6 Å². The van der Waals surface area contributed by atoms with Crippen molar-refractivity contribution in [2.45, 2.75) is 38.6 Å². The molecule has 3 rings (SSSR count). The Kier molecular flexibility index (Phi) is 5.98. The Balaban J connectivity index is 1.56. The van der Waals surface area contributed by atoms with Crippen molar-refractivity contribution in [2.75, 3.05) is 11.9 Å². The van der Waals surface area contributed by atoms with Crippen molar-refractivity contribution in [1.29, 1.82) is 0 Å². The monoisotopic (exact) mass is 410 g/mol. The van der Waals surface area contributed by atoms with Crippen LogP contribution < -0.4 is 5.32 Å². The molecule has 1 heterocycles. The Hall–Kier alpha value is -2.48. The Morgan fingerprint density at radius 2 is 1.86 bits per heavy atom. The number of anilines is 1. The zero-order valence-corrected chi connectivity index (χ0v) is 16.0. The minimum absolute atomic E-state index is 0.00362. The molecule has 1 saturated carbocycles. The average Bonchev–Trinajstić information content (AvgIpc) is 2.92. The molecule has 2 aliphatic rings. The second-order valence-electron chi connectivity index (χ2n) is 7.00. The molecular formula is C19H20ClFN2O5. The summed E-state index contributed by atoms with van der Waals surface area (Å²) in [5.41, 5.74) is 0.172. The van der Waals surface area contributed by atoms with Gasteiger partial charge in [-0.25, -0.2) is 9.18 Å². The van der Waals surface area contributed by atoms with Crippen molar-refractivity contribution in [2.24, 2.45) is 11.8 Å². The number of nitrogens with one attached hydrogen (secondary N) is 1. The van der Waals surface area contributed by atoms with E-state index in [1.807, 2.05) is 0 Å². The smallest absolute Gasteiger partial charge is 0.329 e. The van der Waals surface area contributed by atoms with Gasteiger partial charge in [-0.2, -0.15) is 0 Å². The molecule has 0 radical (unpaired) electrons. The summed E-state index contributed by atoms with van der Waals surface area (Å²) in [4.78, 5) is 50.2. The zero-order chi connectivity index (χ0) is 20.4. The molecule has 2 fully saturated rings. The summed E-state index contributed by atoms with van der Waals surface area (Å²) in [7, 11) is 0. The molecule has 1 saturated heterocycles. The Labute approximate surface area is 166 Å². The SMILES string of the molecule is C[C@@H](C(=O)OCC(=O)Nc1ccc(F)cc1Cl)N1C(=O)[C@H]2CCCC[C@@H]2C1=O. The van der Waals surface area contributed by atoms with Crippen molar-refractivity contribution < 1.29 is 28.3 Å². The van der Waals surface area contributed by atoms with Crippen molar-refractivity contribution in [3.8, 4) is 0 Å². The second kappa shape index (κ2) is 8.26. The number of ether oxygens (including phenoxy) is 1. The molecule has 1 aliphatic carbocycles. The molecule has 28 heavy (non-hydrogen) atoms. The normalized spacial score (nSPS) is 22.6. The van der Waals surface area contributed by atoms with E-state index in [-0.39, 0.29) is 34.4 Å². The number of carbonyl (C=O) groups is 4. The van der Waals surface area contributed by atoms with E-state index in [0.29, 0.717) is 12.8 Å². The lowest BCUT2D eigenvalue weighted by Crippen LogP contribution is -2.45. The third kappa shape index (κ3) is 4.01. The van der Waals surface area contributed by atoms with Crippen LogP contribution in [0.2, 0.25) is 5.02 Å². The van der Waals surface area contributed by atoms with Gasteiger partial charge in [-0.1, -0.05) is 24.4 Å². The van der Waals surface area contributed by atoms with Crippen LogP contribution in [0.25, 0.3) is 0 Å². The standard InChI is InChI=1S/C19H20ClFN2O5/c1-10(23-17(25)12-4-2-3-5-13(12)18(23)26)19(27)28-9-16(24)22-15-7-6-11(21)8-14(15)20/h6-8,10,12-13H,2-5,9H2,1H3,(H,22,24)/t10-,12-,13-/m0/s1. The minimum atomic E-state index is -1.10. The van der Waals surface area contributed by atoms with Crippen LogP contribution in [0, 0.1) is 17.7 Å². The number of halogens is 2. The number of esters is 1. The number of benzene rings is 1. The van der Waals surface area contributed by atoms with E-state index in [4.69, 9.17) is 16.3 Å². The van der Waals surface area contributed by atoms with Gasteiger partial charge in [-0.05, 0) is 38.0 Å². The molecule has 1 aliphatic heterocycles.